The van der Waals surface area contributed by atoms with E-state index in [4.69, 9.17) is 10.5 Å². The molecule has 4 N–H and O–H groups in total. The fourth-order valence-corrected chi connectivity index (χ4v) is 1.51. The van der Waals surface area contributed by atoms with Gasteiger partial charge in [-0.15, -0.1) is 0 Å². The summed E-state index contributed by atoms with van der Waals surface area (Å²) in [4.78, 5) is 27.2. The summed E-state index contributed by atoms with van der Waals surface area (Å²) in [6, 6.07) is 2.93. The van der Waals surface area contributed by atoms with Crippen molar-refractivity contribution in [2.75, 3.05) is 6.54 Å². The first-order chi connectivity index (χ1) is 9.47. The van der Waals surface area contributed by atoms with Crippen molar-refractivity contribution >= 4 is 11.9 Å². The second-order valence-corrected chi connectivity index (χ2v) is 4.21. The van der Waals surface area contributed by atoms with E-state index in [0.29, 0.717) is 18.0 Å². The van der Waals surface area contributed by atoms with Gasteiger partial charge in [0, 0.05) is 18.8 Å². The predicted molar refractivity (Wildman–Crippen MR) is 74.2 cm³/mol. The maximum Gasteiger partial charge on any atom is 0.321 e. The highest BCUT2D eigenvalue weighted by molar-refractivity contribution is 5.96. The summed E-state index contributed by atoms with van der Waals surface area (Å²) in [7, 11) is 0. The number of rotatable bonds is 5. The van der Waals surface area contributed by atoms with E-state index in [1.165, 1.54) is 0 Å². The lowest BCUT2D eigenvalue weighted by Gasteiger charge is -2.16. The molecule has 0 aliphatic rings. The van der Waals surface area contributed by atoms with E-state index in [2.05, 4.69) is 15.6 Å². The molecule has 0 radical (unpaired) electrons. The second kappa shape index (κ2) is 7.44. The van der Waals surface area contributed by atoms with Crippen LogP contribution >= 0.6 is 0 Å². The molecule has 1 unspecified atom stereocenters. The van der Waals surface area contributed by atoms with Gasteiger partial charge in [-0.3, -0.25) is 15.1 Å². The highest BCUT2D eigenvalue weighted by Crippen LogP contribution is 2.17. The number of imide groups is 1. The fraction of sp³-hybridized carbons (Fsp3) is 0.462. The van der Waals surface area contributed by atoms with E-state index in [1.807, 2.05) is 6.92 Å². The molecule has 7 nitrogen and oxygen atoms in total. The zero-order valence-electron chi connectivity index (χ0n) is 11.9. The topological polar surface area (TPSA) is 106 Å². The van der Waals surface area contributed by atoms with Gasteiger partial charge in [-0.1, -0.05) is 0 Å². The smallest absolute Gasteiger partial charge is 0.321 e. The number of carbonyl (C=O) groups excluding carboxylic acids is 2. The van der Waals surface area contributed by atoms with Crippen molar-refractivity contribution in [3.05, 3.63) is 23.5 Å². The van der Waals surface area contributed by atoms with Crippen LogP contribution in [0.1, 0.15) is 25.2 Å². The molecule has 0 saturated heterocycles. The van der Waals surface area contributed by atoms with Crippen LogP contribution in [0.2, 0.25) is 0 Å². The number of nitrogens with two attached hydrogens (primary N) is 1. The summed E-state index contributed by atoms with van der Waals surface area (Å²) in [6.07, 6.45) is -0.826. The first-order valence-corrected chi connectivity index (χ1v) is 6.39. The molecule has 0 fully saturated rings. The third-order valence-corrected chi connectivity index (χ3v) is 2.51. The van der Waals surface area contributed by atoms with E-state index in [9.17, 15) is 9.59 Å². The highest BCUT2D eigenvalue weighted by atomic mass is 16.5. The largest absolute Gasteiger partial charge is 0.479 e. The number of nitrogens with zero attached hydrogens (tertiary/aromatic N) is 1. The Balaban J connectivity index is 2.68. The number of carbonyl (C=O) groups is 2. The van der Waals surface area contributed by atoms with Crippen molar-refractivity contribution in [1.29, 1.82) is 0 Å². The summed E-state index contributed by atoms with van der Waals surface area (Å²) in [6.45, 7) is 5.80. The number of aromatic nitrogens is 1. The Morgan fingerprint density at radius 2 is 2.15 bits per heavy atom. The van der Waals surface area contributed by atoms with Crippen LogP contribution in [0, 0.1) is 6.92 Å². The normalized spacial score (nSPS) is 11.6. The van der Waals surface area contributed by atoms with Crippen LogP contribution in [-0.2, 0) is 11.3 Å². The molecule has 1 atom stereocenters. The third-order valence-electron chi connectivity index (χ3n) is 2.51. The van der Waals surface area contributed by atoms with E-state index in [-0.39, 0.29) is 6.54 Å². The van der Waals surface area contributed by atoms with Crippen LogP contribution < -0.4 is 21.1 Å². The number of amides is 3. The van der Waals surface area contributed by atoms with Gasteiger partial charge >= 0.3 is 6.03 Å². The predicted octanol–water partition coefficient (Wildman–Crippen LogP) is 0.462. The maximum atomic E-state index is 11.8. The average molecular weight is 280 g/mol. The van der Waals surface area contributed by atoms with Gasteiger partial charge in [0.05, 0.1) is 5.69 Å². The first-order valence-electron chi connectivity index (χ1n) is 6.39. The average Bonchev–Trinajstić information content (AvgIpc) is 2.40. The number of hydrogen-bond donors (Lipinski definition) is 3. The Morgan fingerprint density at radius 3 is 2.75 bits per heavy atom. The van der Waals surface area contributed by atoms with Crippen LogP contribution in [-0.4, -0.2) is 29.6 Å². The molecule has 110 valence electrons. The van der Waals surface area contributed by atoms with Crippen LogP contribution in [0.4, 0.5) is 4.79 Å². The lowest BCUT2D eigenvalue weighted by Crippen LogP contribution is -2.45. The van der Waals surface area contributed by atoms with Gasteiger partial charge in [0.25, 0.3) is 5.91 Å². The Hall–Kier alpha value is -2.15. The van der Waals surface area contributed by atoms with Gasteiger partial charge in [0.15, 0.2) is 6.10 Å². The van der Waals surface area contributed by atoms with E-state index >= 15 is 0 Å². The molecule has 1 aromatic heterocycles. The molecule has 0 saturated carbocycles. The molecule has 1 heterocycles. The number of aryl methyl sites for hydroxylation is 1. The van der Waals surface area contributed by atoms with Crippen LogP contribution in [0.5, 0.6) is 5.75 Å². The van der Waals surface area contributed by atoms with Crippen LogP contribution in [0.15, 0.2) is 12.1 Å². The maximum absolute atomic E-state index is 11.8. The molecule has 1 aromatic rings. The fourth-order valence-electron chi connectivity index (χ4n) is 1.51. The van der Waals surface area contributed by atoms with Gasteiger partial charge in [0.2, 0.25) is 0 Å². The summed E-state index contributed by atoms with van der Waals surface area (Å²) in [5.74, 6) is -0.0869. The van der Waals surface area contributed by atoms with Gasteiger partial charge in [-0.2, -0.15) is 0 Å². The second-order valence-electron chi connectivity index (χ2n) is 4.21. The van der Waals surface area contributed by atoms with E-state index < -0.39 is 18.0 Å². The van der Waals surface area contributed by atoms with Gasteiger partial charge < -0.3 is 15.8 Å². The van der Waals surface area contributed by atoms with Crippen LogP contribution in [0.3, 0.4) is 0 Å². The molecule has 0 aliphatic heterocycles. The van der Waals surface area contributed by atoms with Crippen molar-refractivity contribution in [2.45, 2.75) is 33.4 Å². The molecule has 0 aliphatic carbocycles. The van der Waals surface area contributed by atoms with E-state index in [1.54, 1.807) is 26.0 Å². The molecule has 1 rings (SSSR count). The Labute approximate surface area is 117 Å². The van der Waals surface area contributed by atoms with E-state index in [0.717, 1.165) is 5.69 Å². The summed E-state index contributed by atoms with van der Waals surface area (Å²) in [5, 5.41) is 4.65. The molecular formula is C13H20N4O3. The van der Waals surface area contributed by atoms with Gasteiger partial charge in [0.1, 0.15) is 5.75 Å². The Bertz CT molecular complexity index is 491. The SMILES string of the molecule is CCNC(=O)NC(=O)C(C)Oc1ccc(C)nc1CN. The van der Waals surface area contributed by atoms with Crippen molar-refractivity contribution in [1.82, 2.24) is 15.6 Å². The number of ether oxygens (including phenoxy) is 1. The number of pyridine rings is 1. The van der Waals surface area contributed by atoms with Crippen molar-refractivity contribution in [3.63, 3.8) is 0 Å². The molecule has 20 heavy (non-hydrogen) atoms. The highest BCUT2D eigenvalue weighted by Gasteiger charge is 2.18. The van der Waals surface area contributed by atoms with Crippen molar-refractivity contribution in [2.24, 2.45) is 5.73 Å². The lowest BCUT2D eigenvalue weighted by atomic mass is 10.2. The van der Waals surface area contributed by atoms with Gasteiger partial charge in [-0.05, 0) is 32.9 Å². The molecule has 0 bridgehead atoms. The standard InChI is InChI=1S/C13H20N4O3/c1-4-15-13(19)17-12(18)9(3)20-11-6-5-8(2)16-10(11)7-14/h5-6,9H,4,7,14H2,1-3H3,(H2,15,17,18,19). The van der Waals surface area contributed by atoms with Crippen molar-refractivity contribution < 1.29 is 14.3 Å². The minimum atomic E-state index is -0.826. The summed E-state index contributed by atoms with van der Waals surface area (Å²) in [5.41, 5.74) is 6.97. The monoisotopic (exact) mass is 280 g/mol. The number of hydrogen-bond acceptors (Lipinski definition) is 5. The Morgan fingerprint density at radius 1 is 1.45 bits per heavy atom. The Kier molecular flexibility index (Phi) is 5.92. The quantitative estimate of drug-likeness (QED) is 0.726. The molecule has 7 heteroatoms. The zero-order chi connectivity index (χ0) is 15.1. The molecule has 3 amide bonds. The summed E-state index contributed by atoms with van der Waals surface area (Å²) < 4.78 is 5.50. The van der Waals surface area contributed by atoms with Gasteiger partial charge in [-0.25, -0.2) is 4.79 Å². The zero-order valence-corrected chi connectivity index (χ0v) is 11.9. The summed E-state index contributed by atoms with van der Waals surface area (Å²) >= 11 is 0. The lowest BCUT2D eigenvalue weighted by molar-refractivity contribution is -0.126. The first kappa shape index (κ1) is 15.9. The molecular weight excluding hydrogens is 260 g/mol. The minimum absolute atomic E-state index is 0.210. The molecule has 0 spiro atoms. The van der Waals surface area contributed by atoms with Crippen molar-refractivity contribution in [3.8, 4) is 5.75 Å². The molecule has 0 aromatic carbocycles. The van der Waals surface area contributed by atoms with Crippen LogP contribution in [0.25, 0.3) is 0 Å². The third kappa shape index (κ3) is 4.51. The number of urea groups is 1. The minimum Gasteiger partial charge on any atom is -0.479 e. The number of nitrogens with one attached hydrogen (secondary N) is 2.